The lowest BCUT2D eigenvalue weighted by Gasteiger charge is -2.26. The van der Waals surface area contributed by atoms with Crippen molar-refractivity contribution in [2.24, 2.45) is 0 Å². The highest BCUT2D eigenvalue weighted by molar-refractivity contribution is 7.90. The van der Waals surface area contributed by atoms with Crippen molar-refractivity contribution in [1.29, 1.82) is 0 Å². The minimum atomic E-state index is -4.11. The van der Waals surface area contributed by atoms with E-state index in [4.69, 9.17) is 9.47 Å². The van der Waals surface area contributed by atoms with Crippen molar-refractivity contribution in [2.75, 3.05) is 33.3 Å². The third kappa shape index (κ3) is 5.24. The number of benzene rings is 3. The molecule has 0 saturated carbocycles. The maximum Gasteiger partial charge on any atom is 0.410 e. The highest BCUT2D eigenvalue weighted by Gasteiger charge is 2.32. The lowest BCUT2D eigenvalue weighted by molar-refractivity contribution is 0.0255. The third-order valence-corrected chi connectivity index (χ3v) is 9.15. The third-order valence-electron chi connectivity index (χ3n) is 7.29. The molecule has 216 valence electrons. The van der Waals surface area contributed by atoms with Crippen molar-refractivity contribution in [3.8, 4) is 5.75 Å². The average Bonchev–Trinajstić information content (AvgIpc) is 3.06. The Bertz CT molecular complexity index is 1750. The van der Waals surface area contributed by atoms with Crippen LogP contribution in [-0.4, -0.2) is 73.1 Å². The van der Waals surface area contributed by atoms with Gasteiger partial charge in [-0.3, -0.25) is 4.79 Å². The quantitative estimate of drug-likeness (QED) is 0.321. The Kier molecular flexibility index (Phi) is 7.46. The van der Waals surface area contributed by atoms with Crippen LogP contribution < -0.4 is 4.74 Å². The topological polar surface area (TPSA) is 98.1 Å². The van der Waals surface area contributed by atoms with Gasteiger partial charge in [0.15, 0.2) is 0 Å². The first-order chi connectivity index (χ1) is 19.4. The summed E-state index contributed by atoms with van der Waals surface area (Å²) in [4.78, 5) is 30.1. The first-order valence-electron chi connectivity index (χ1n) is 13.6. The van der Waals surface area contributed by atoms with Gasteiger partial charge in [0, 0.05) is 48.0 Å². The molecule has 0 N–H and O–H groups in total. The normalized spacial score (nSPS) is 14.8. The fourth-order valence-electron chi connectivity index (χ4n) is 5.45. The lowest BCUT2D eigenvalue weighted by Crippen LogP contribution is -2.40. The number of fused-ring (bicyclic) bond motifs is 2. The Morgan fingerprint density at radius 3 is 2.10 bits per heavy atom. The monoisotopic (exact) mass is 577 g/mol. The number of carbonyl (C=O) groups excluding carboxylic acids is 2. The van der Waals surface area contributed by atoms with Gasteiger partial charge >= 0.3 is 6.09 Å². The molecule has 1 aromatic heterocycles. The minimum Gasteiger partial charge on any atom is -0.496 e. The molecular weight excluding hydrogens is 542 g/mol. The van der Waals surface area contributed by atoms with E-state index in [2.05, 4.69) is 0 Å². The van der Waals surface area contributed by atoms with Crippen LogP contribution in [0.25, 0.3) is 21.7 Å². The summed E-state index contributed by atoms with van der Waals surface area (Å²) in [6.07, 6.45) is 0.177. The summed E-state index contributed by atoms with van der Waals surface area (Å²) in [5, 5.41) is 1.77. The largest absolute Gasteiger partial charge is 0.496 e. The zero-order chi connectivity index (χ0) is 29.5. The summed E-state index contributed by atoms with van der Waals surface area (Å²) in [6, 6.07) is 17.4. The summed E-state index contributed by atoms with van der Waals surface area (Å²) in [7, 11) is -2.57. The smallest absolute Gasteiger partial charge is 0.410 e. The first kappa shape index (κ1) is 28.5. The fourth-order valence-corrected chi connectivity index (χ4v) is 7.21. The molecule has 10 heteroatoms. The Morgan fingerprint density at radius 2 is 1.41 bits per heavy atom. The molecule has 1 fully saturated rings. The van der Waals surface area contributed by atoms with Gasteiger partial charge in [-0.05, 0) is 52.3 Å². The van der Waals surface area contributed by atoms with Gasteiger partial charge < -0.3 is 19.3 Å². The zero-order valence-corrected chi connectivity index (χ0v) is 24.8. The number of rotatable bonds is 4. The number of nitrogens with zero attached hydrogens (tertiary/aromatic N) is 3. The van der Waals surface area contributed by atoms with Crippen molar-refractivity contribution in [1.82, 2.24) is 13.8 Å². The van der Waals surface area contributed by atoms with Crippen molar-refractivity contribution in [3.05, 3.63) is 71.9 Å². The predicted octanol–water partition coefficient (Wildman–Crippen LogP) is 5.43. The summed E-state index contributed by atoms with van der Waals surface area (Å²) >= 11 is 0. The molecular formula is C31H35N3O6S. The van der Waals surface area contributed by atoms with E-state index in [0.717, 1.165) is 0 Å². The Morgan fingerprint density at radius 1 is 0.805 bits per heavy atom. The van der Waals surface area contributed by atoms with Gasteiger partial charge in [-0.15, -0.1) is 0 Å². The summed E-state index contributed by atoms with van der Waals surface area (Å²) < 4.78 is 40.9. The predicted molar refractivity (Wildman–Crippen MR) is 158 cm³/mol. The molecule has 2 amide bonds. The van der Waals surface area contributed by atoms with E-state index >= 15 is 0 Å². The van der Waals surface area contributed by atoms with Crippen LogP contribution in [0.1, 0.15) is 43.2 Å². The number of methoxy groups -OCH3 is 1. The van der Waals surface area contributed by atoms with E-state index < -0.39 is 21.7 Å². The van der Waals surface area contributed by atoms with Gasteiger partial charge in [0.2, 0.25) is 0 Å². The van der Waals surface area contributed by atoms with Crippen molar-refractivity contribution < 1.29 is 27.5 Å². The van der Waals surface area contributed by atoms with Gasteiger partial charge in [-0.1, -0.05) is 42.5 Å². The van der Waals surface area contributed by atoms with E-state index in [0.29, 0.717) is 71.3 Å². The highest BCUT2D eigenvalue weighted by Crippen LogP contribution is 2.36. The maximum absolute atomic E-state index is 14.3. The number of hydrogen-bond donors (Lipinski definition) is 0. The van der Waals surface area contributed by atoms with Gasteiger partial charge in [-0.25, -0.2) is 17.2 Å². The van der Waals surface area contributed by atoms with E-state index in [1.807, 2.05) is 32.9 Å². The Balaban J connectivity index is 1.55. The number of hydrogen-bond acceptors (Lipinski definition) is 6. The highest BCUT2D eigenvalue weighted by atomic mass is 32.2. The van der Waals surface area contributed by atoms with Gasteiger partial charge in [-0.2, -0.15) is 0 Å². The average molecular weight is 578 g/mol. The van der Waals surface area contributed by atoms with Crippen LogP contribution >= 0.6 is 0 Å². The molecule has 9 nitrogen and oxygen atoms in total. The van der Waals surface area contributed by atoms with Crippen LogP contribution in [0.5, 0.6) is 5.75 Å². The van der Waals surface area contributed by atoms with E-state index in [1.165, 1.54) is 3.97 Å². The first-order valence-corrected chi connectivity index (χ1v) is 15.1. The SMILES string of the molecule is COc1ccc(S(=O)(=O)n2c(C)c(C(=O)N3CCCN(C(=O)OC(C)(C)C)CC3)c3ccccc32)c2ccccc12. The number of para-hydroxylation sites is 1. The van der Waals surface area contributed by atoms with E-state index in [1.54, 1.807) is 72.4 Å². The van der Waals surface area contributed by atoms with Crippen molar-refractivity contribution >= 4 is 43.7 Å². The van der Waals surface area contributed by atoms with Crippen LogP contribution in [-0.2, 0) is 14.8 Å². The summed E-state index contributed by atoms with van der Waals surface area (Å²) in [6.45, 7) is 8.67. The molecule has 0 unspecified atom stereocenters. The molecule has 1 aliphatic rings. The lowest BCUT2D eigenvalue weighted by atomic mass is 10.1. The van der Waals surface area contributed by atoms with Crippen LogP contribution in [0.2, 0.25) is 0 Å². The van der Waals surface area contributed by atoms with E-state index in [-0.39, 0.29) is 10.8 Å². The molecule has 0 radical (unpaired) electrons. The number of ether oxygens (including phenoxy) is 2. The van der Waals surface area contributed by atoms with Crippen molar-refractivity contribution in [2.45, 2.75) is 44.6 Å². The molecule has 0 spiro atoms. The minimum absolute atomic E-state index is 0.125. The molecule has 4 aromatic rings. The number of amides is 2. The molecule has 0 aliphatic carbocycles. The second-order valence-corrected chi connectivity index (χ2v) is 12.9. The van der Waals surface area contributed by atoms with Gasteiger partial charge in [0.1, 0.15) is 11.4 Å². The molecule has 2 heterocycles. The number of aromatic nitrogens is 1. The molecule has 0 atom stereocenters. The van der Waals surface area contributed by atoms with Gasteiger partial charge in [0.05, 0.1) is 23.1 Å². The molecule has 0 bridgehead atoms. The van der Waals surface area contributed by atoms with E-state index in [9.17, 15) is 18.0 Å². The fraction of sp³-hybridized carbons (Fsp3) is 0.355. The summed E-state index contributed by atoms with van der Waals surface area (Å²) in [5.41, 5.74) is 0.494. The maximum atomic E-state index is 14.3. The van der Waals surface area contributed by atoms with Crippen LogP contribution in [0.15, 0.2) is 65.6 Å². The molecule has 41 heavy (non-hydrogen) atoms. The standard InChI is InChI=1S/C31H35N3O6S/c1-21-28(29(35)32-17-10-18-33(20-19-32)30(36)40-31(2,3)4)24-13-8-9-14-25(24)34(21)41(37,38)27-16-15-26(39-5)22-11-6-7-12-23(22)27/h6-9,11-16H,10,17-20H2,1-5H3. The molecule has 3 aromatic carbocycles. The van der Waals surface area contributed by atoms with Crippen LogP contribution in [0.3, 0.4) is 0 Å². The van der Waals surface area contributed by atoms with Gasteiger partial charge in [0.25, 0.3) is 15.9 Å². The Hall–Kier alpha value is -4.05. The number of carbonyl (C=O) groups is 2. The zero-order valence-electron chi connectivity index (χ0n) is 24.0. The molecule has 1 saturated heterocycles. The summed E-state index contributed by atoms with van der Waals surface area (Å²) in [5.74, 6) is 0.310. The van der Waals surface area contributed by atoms with Crippen LogP contribution in [0, 0.1) is 6.92 Å². The second-order valence-electron chi connectivity index (χ2n) is 11.2. The molecule has 1 aliphatic heterocycles. The van der Waals surface area contributed by atoms with Crippen molar-refractivity contribution in [3.63, 3.8) is 0 Å². The molecule has 5 rings (SSSR count). The Labute approximate surface area is 240 Å². The van der Waals surface area contributed by atoms with Crippen LogP contribution in [0.4, 0.5) is 4.79 Å². The second kappa shape index (κ2) is 10.7.